The highest BCUT2D eigenvalue weighted by atomic mass is 32.1. The molecule has 1 aromatic carbocycles. The quantitative estimate of drug-likeness (QED) is 0.738. The molecule has 0 spiro atoms. The van der Waals surface area contributed by atoms with Gasteiger partial charge in [-0.1, -0.05) is 24.4 Å². The summed E-state index contributed by atoms with van der Waals surface area (Å²) in [6.45, 7) is 3.81. The molecule has 84 valence electrons. The number of rotatable bonds is 2. The van der Waals surface area contributed by atoms with E-state index in [2.05, 4.69) is 4.99 Å². The Morgan fingerprint density at radius 2 is 2.00 bits per heavy atom. The lowest BCUT2D eigenvalue weighted by Crippen LogP contribution is -2.28. The maximum absolute atomic E-state index is 5.72. The maximum atomic E-state index is 5.72. The monoisotopic (exact) mass is 235 g/mol. The molecule has 0 aliphatic carbocycles. The molecule has 1 aromatic rings. The van der Waals surface area contributed by atoms with E-state index >= 15 is 0 Å². The van der Waals surface area contributed by atoms with Crippen molar-refractivity contribution in [2.75, 3.05) is 7.11 Å². The second-order valence-electron chi connectivity index (χ2n) is 4.03. The van der Waals surface area contributed by atoms with Gasteiger partial charge in [0.05, 0.1) is 12.7 Å². The summed E-state index contributed by atoms with van der Waals surface area (Å²) < 4.78 is 11.0. The van der Waals surface area contributed by atoms with Crippen LogP contribution in [0.25, 0.3) is 0 Å². The van der Waals surface area contributed by atoms with Crippen LogP contribution < -0.4 is 4.74 Å². The lowest BCUT2D eigenvalue weighted by molar-refractivity contribution is 0.184. The Labute approximate surface area is 100 Å². The molecule has 0 N–H and O–H groups in total. The third kappa shape index (κ3) is 1.80. The number of para-hydroxylation sites is 1. The van der Waals surface area contributed by atoms with Gasteiger partial charge in [0.1, 0.15) is 5.75 Å². The Kier molecular flexibility index (Phi) is 2.68. The lowest BCUT2D eigenvalue weighted by Gasteiger charge is -2.17. The molecule has 0 fully saturated rings. The fourth-order valence-corrected chi connectivity index (χ4v) is 1.60. The molecule has 2 rings (SSSR count). The molecule has 3 nitrogen and oxygen atoms in total. The highest BCUT2D eigenvalue weighted by Gasteiger charge is 2.34. The van der Waals surface area contributed by atoms with Crippen molar-refractivity contribution in [2.24, 2.45) is 4.99 Å². The van der Waals surface area contributed by atoms with E-state index < -0.39 is 5.60 Å². The molecule has 0 saturated carbocycles. The molecule has 0 atom stereocenters. The molecule has 16 heavy (non-hydrogen) atoms. The average Bonchev–Trinajstić information content (AvgIpc) is 2.53. The van der Waals surface area contributed by atoms with Crippen LogP contribution in [0.3, 0.4) is 0 Å². The molecule has 1 heterocycles. The van der Waals surface area contributed by atoms with Gasteiger partial charge in [0.15, 0.2) is 10.6 Å². The summed E-state index contributed by atoms with van der Waals surface area (Å²) in [5, 5.41) is 0. The highest BCUT2D eigenvalue weighted by Crippen LogP contribution is 2.27. The average molecular weight is 235 g/mol. The predicted molar refractivity (Wildman–Crippen MR) is 67.3 cm³/mol. The largest absolute Gasteiger partial charge is 0.496 e. The first-order valence-corrected chi connectivity index (χ1v) is 5.41. The molecule has 1 aliphatic heterocycles. The fraction of sp³-hybridized carbons (Fsp3) is 0.333. The summed E-state index contributed by atoms with van der Waals surface area (Å²) in [6, 6.07) is 7.59. The van der Waals surface area contributed by atoms with Crippen LogP contribution in [0.4, 0.5) is 0 Å². The number of methoxy groups -OCH3 is 1. The Morgan fingerprint density at radius 1 is 1.31 bits per heavy atom. The molecule has 0 aromatic heterocycles. The van der Waals surface area contributed by atoms with Gasteiger partial charge in [-0.2, -0.15) is 0 Å². The second-order valence-corrected chi connectivity index (χ2v) is 4.42. The normalized spacial score (nSPS) is 17.9. The van der Waals surface area contributed by atoms with Crippen LogP contribution in [0.1, 0.15) is 19.4 Å². The van der Waals surface area contributed by atoms with Crippen LogP contribution in [-0.4, -0.2) is 23.6 Å². The first kappa shape index (κ1) is 11.1. The fourth-order valence-electron chi connectivity index (χ4n) is 1.47. The molecule has 1 aliphatic rings. The zero-order valence-corrected chi connectivity index (χ0v) is 10.3. The van der Waals surface area contributed by atoms with Crippen LogP contribution in [0, 0.1) is 0 Å². The maximum Gasteiger partial charge on any atom is 0.226 e. The Hall–Kier alpha value is -1.42. The number of nitrogens with zero attached hydrogens (tertiary/aromatic N) is 1. The summed E-state index contributed by atoms with van der Waals surface area (Å²) in [5.41, 5.74) is 0.323. The topological polar surface area (TPSA) is 30.8 Å². The van der Waals surface area contributed by atoms with E-state index in [1.165, 1.54) is 0 Å². The van der Waals surface area contributed by atoms with Crippen molar-refractivity contribution < 1.29 is 9.47 Å². The van der Waals surface area contributed by atoms with Crippen LogP contribution in [0.15, 0.2) is 29.3 Å². The van der Waals surface area contributed by atoms with Gasteiger partial charge in [-0.15, -0.1) is 0 Å². The standard InChI is InChI=1S/C12H13NO2S/c1-12(2)11(16)13-10(15-12)8-6-4-5-7-9(8)14-3/h4-7H,1-3H3. The minimum Gasteiger partial charge on any atom is -0.496 e. The van der Waals surface area contributed by atoms with Crippen LogP contribution >= 0.6 is 12.2 Å². The Morgan fingerprint density at radius 3 is 2.56 bits per heavy atom. The van der Waals surface area contributed by atoms with E-state index in [1.54, 1.807) is 7.11 Å². The molecular weight excluding hydrogens is 222 g/mol. The van der Waals surface area contributed by atoms with Gasteiger partial charge in [0, 0.05) is 0 Å². The van der Waals surface area contributed by atoms with Crippen LogP contribution in [0.2, 0.25) is 0 Å². The van der Waals surface area contributed by atoms with E-state index in [9.17, 15) is 0 Å². The lowest BCUT2D eigenvalue weighted by atomic mass is 10.1. The van der Waals surface area contributed by atoms with Gasteiger partial charge >= 0.3 is 0 Å². The van der Waals surface area contributed by atoms with Crippen molar-refractivity contribution in [3.8, 4) is 5.75 Å². The summed E-state index contributed by atoms with van der Waals surface area (Å²) >= 11 is 5.16. The predicted octanol–water partition coefficient (Wildman–Crippen LogP) is 2.58. The summed E-state index contributed by atoms with van der Waals surface area (Å²) in [4.78, 5) is 4.83. The summed E-state index contributed by atoms with van der Waals surface area (Å²) in [7, 11) is 1.62. The van der Waals surface area contributed by atoms with Gasteiger partial charge in [-0.25, -0.2) is 4.99 Å². The SMILES string of the molecule is COc1ccccc1C1=NC(=S)C(C)(C)O1. The molecule has 0 amide bonds. The zero-order chi connectivity index (χ0) is 11.8. The molecule has 0 bridgehead atoms. The van der Waals surface area contributed by atoms with Gasteiger partial charge in [-0.05, 0) is 26.0 Å². The van der Waals surface area contributed by atoms with Crippen molar-refractivity contribution in [3.05, 3.63) is 29.8 Å². The highest BCUT2D eigenvalue weighted by molar-refractivity contribution is 7.80. The van der Waals surface area contributed by atoms with E-state index in [4.69, 9.17) is 21.7 Å². The van der Waals surface area contributed by atoms with Crippen molar-refractivity contribution in [3.63, 3.8) is 0 Å². The van der Waals surface area contributed by atoms with Gasteiger partial charge in [0.2, 0.25) is 5.90 Å². The Balaban J connectivity index is 2.40. The number of benzene rings is 1. The van der Waals surface area contributed by atoms with Gasteiger partial charge in [0.25, 0.3) is 0 Å². The van der Waals surface area contributed by atoms with Gasteiger partial charge < -0.3 is 9.47 Å². The van der Waals surface area contributed by atoms with Crippen molar-refractivity contribution in [2.45, 2.75) is 19.4 Å². The number of ether oxygens (including phenoxy) is 2. The molecule has 0 radical (unpaired) electrons. The summed E-state index contributed by atoms with van der Waals surface area (Å²) in [5.74, 6) is 1.27. The van der Waals surface area contributed by atoms with E-state index in [0.717, 1.165) is 11.3 Å². The van der Waals surface area contributed by atoms with Crippen molar-refractivity contribution >= 4 is 23.1 Å². The minimum atomic E-state index is -0.508. The molecular formula is C12H13NO2S. The van der Waals surface area contributed by atoms with Crippen LogP contribution in [0.5, 0.6) is 5.75 Å². The third-order valence-corrected chi connectivity index (χ3v) is 2.99. The van der Waals surface area contributed by atoms with E-state index in [-0.39, 0.29) is 0 Å². The zero-order valence-electron chi connectivity index (χ0n) is 9.48. The summed E-state index contributed by atoms with van der Waals surface area (Å²) in [6.07, 6.45) is 0. The molecule has 0 saturated heterocycles. The van der Waals surface area contributed by atoms with Crippen LogP contribution in [-0.2, 0) is 4.74 Å². The number of thiocarbonyl (C=S) groups is 1. The smallest absolute Gasteiger partial charge is 0.226 e. The van der Waals surface area contributed by atoms with Crippen molar-refractivity contribution in [1.29, 1.82) is 0 Å². The second kappa shape index (κ2) is 3.87. The van der Waals surface area contributed by atoms with E-state index in [0.29, 0.717) is 10.9 Å². The van der Waals surface area contributed by atoms with Gasteiger partial charge in [-0.3, -0.25) is 0 Å². The third-order valence-electron chi connectivity index (χ3n) is 2.41. The minimum absolute atomic E-state index is 0.508. The first-order valence-electron chi connectivity index (χ1n) is 5.00. The van der Waals surface area contributed by atoms with E-state index in [1.807, 2.05) is 38.1 Å². The number of hydrogen-bond donors (Lipinski definition) is 0. The first-order chi connectivity index (χ1) is 7.54. The Bertz CT molecular complexity index is 466. The number of aliphatic imine (C=N–C) groups is 1. The number of hydrogen-bond acceptors (Lipinski definition) is 3. The molecule has 0 unspecified atom stereocenters. The molecule has 4 heteroatoms. The van der Waals surface area contributed by atoms with Crippen molar-refractivity contribution in [1.82, 2.24) is 0 Å².